The maximum absolute atomic E-state index is 11.6. The van der Waals surface area contributed by atoms with Crippen molar-refractivity contribution in [2.45, 2.75) is 18.2 Å². The zero-order valence-electron chi connectivity index (χ0n) is 15.1. The molecule has 28 heavy (non-hydrogen) atoms. The molecule has 0 saturated heterocycles. The average Bonchev–Trinajstić information content (AvgIpc) is 3.17. The van der Waals surface area contributed by atoms with Crippen molar-refractivity contribution in [3.05, 3.63) is 72.6 Å². The highest BCUT2D eigenvalue weighted by Gasteiger charge is 2.15. The maximum atomic E-state index is 11.6. The van der Waals surface area contributed by atoms with Crippen molar-refractivity contribution >= 4 is 27.3 Å². The lowest BCUT2D eigenvalue weighted by atomic mass is 10.1. The van der Waals surface area contributed by atoms with E-state index in [9.17, 15) is 13.0 Å². The third-order valence-corrected chi connectivity index (χ3v) is 5.32. The Morgan fingerprint density at radius 3 is 2.54 bits per heavy atom. The highest BCUT2D eigenvalue weighted by Crippen LogP contribution is 2.29. The van der Waals surface area contributed by atoms with Crippen LogP contribution in [0.25, 0.3) is 16.8 Å². The number of hydrogen-bond donors (Lipinski definition) is 2. The summed E-state index contributed by atoms with van der Waals surface area (Å²) in [6, 6.07) is 17.4. The van der Waals surface area contributed by atoms with Gasteiger partial charge in [-0.25, -0.2) is 4.98 Å². The molecule has 0 aliphatic carbocycles. The second kappa shape index (κ2) is 7.06. The summed E-state index contributed by atoms with van der Waals surface area (Å²) in [5.74, 6) is 0.790. The van der Waals surface area contributed by atoms with Gasteiger partial charge in [-0.1, -0.05) is 37.3 Å². The molecule has 0 fully saturated rings. The molecule has 2 heterocycles. The van der Waals surface area contributed by atoms with Gasteiger partial charge in [0.25, 0.3) is 10.1 Å². The minimum atomic E-state index is -4.30. The van der Waals surface area contributed by atoms with Gasteiger partial charge in [-0.05, 0) is 30.2 Å². The van der Waals surface area contributed by atoms with Gasteiger partial charge in [-0.15, -0.1) is 0 Å². The van der Waals surface area contributed by atoms with Crippen molar-refractivity contribution in [2.75, 3.05) is 5.32 Å². The molecule has 0 spiro atoms. The monoisotopic (exact) mass is 394 g/mol. The molecule has 2 N–H and O–H groups in total. The quantitative estimate of drug-likeness (QED) is 0.498. The summed E-state index contributed by atoms with van der Waals surface area (Å²) >= 11 is 0. The van der Waals surface area contributed by atoms with Crippen molar-refractivity contribution in [1.82, 2.24) is 14.6 Å². The molecule has 2 aromatic carbocycles. The molecular weight excluding hydrogens is 376 g/mol. The Morgan fingerprint density at radius 2 is 1.82 bits per heavy atom. The van der Waals surface area contributed by atoms with E-state index < -0.39 is 10.1 Å². The normalized spacial score (nSPS) is 11.6. The molecule has 0 unspecified atom stereocenters. The van der Waals surface area contributed by atoms with Crippen molar-refractivity contribution in [2.24, 2.45) is 0 Å². The number of hydrogen-bond acceptors (Lipinski definition) is 5. The molecule has 0 bridgehead atoms. The van der Waals surface area contributed by atoms with Gasteiger partial charge in [0.1, 0.15) is 10.7 Å². The van der Waals surface area contributed by atoms with Gasteiger partial charge in [-0.3, -0.25) is 4.55 Å². The lowest BCUT2D eigenvalue weighted by Crippen LogP contribution is -2.03. The minimum absolute atomic E-state index is 0.115. The predicted molar refractivity (Wildman–Crippen MR) is 107 cm³/mol. The van der Waals surface area contributed by atoms with Gasteiger partial charge >= 0.3 is 0 Å². The lowest BCUT2D eigenvalue weighted by molar-refractivity contribution is 0.483. The maximum Gasteiger partial charge on any atom is 0.295 e. The average molecular weight is 394 g/mol. The Hall–Kier alpha value is -3.23. The molecule has 142 valence electrons. The third-order valence-electron chi connectivity index (χ3n) is 4.41. The fourth-order valence-corrected chi connectivity index (χ4v) is 3.76. The molecule has 4 aromatic rings. The van der Waals surface area contributed by atoms with Gasteiger partial charge in [0.05, 0.1) is 6.20 Å². The first-order chi connectivity index (χ1) is 13.5. The number of benzene rings is 2. The topological polar surface area (TPSA) is 96.6 Å². The summed E-state index contributed by atoms with van der Waals surface area (Å²) in [6.07, 6.45) is 2.50. The first kappa shape index (κ1) is 18.1. The van der Waals surface area contributed by atoms with Crippen LogP contribution in [0.15, 0.2) is 71.8 Å². The molecule has 0 saturated carbocycles. The van der Waals surface area contributed by atoms with Crippen LogP contribution in [0.2, 0.25) is 0 Å². The lowest BCUT2D eigenvalue weighted by Gasteiger charge is -2.11. The number of nitrogens with zero attached hydrogens (tertiary/aromatic N) is 3. The highest BCUT2D eigenvalue weighted by molar-refractivity contribution is 7.86. The summed E-state index contributed by atoms with van der Waals surface area (Å²) in [5.41, 5.74) is 3.67. The number of anilines is 2. The SMILES string of the molecule is CCc1cc(Nc2ccc(-c3ccccc3S(=O)(=O)O)cc2)n2nccc2n1. The molecule has 8 heteroatoms. The van der Waals surface area contributed by atoms with Crippen LogP contribution in [0, 0.1) is 0 Å². The summed E-state index contributed by atoms with van der Waals surface area (Å²) < 4.78 is 34.4. The van der Waals surface area contributed by atoms with Crippen LogP contribution in [0.4, 0.5) is 11.5 Å². The summed E-state index contributed by atoms with van der Waals surface area (Å²) in [7, 11) is -4.30. The van der Waals surface area contributed by atoms with Crippen molar-refractivity contribution in [3.8, 4) is 11.1 Å². The molecular formula is C20H18N4O3S. The van der Waals surface area contributed by atoms with E-state index in [-0.39, 0.29) is 4.90 Å². The zero-order chi connectivity index (χ0) is 19.7. The van der Waals surface area contributed by atoms with Crippen LogP contribution < -0.4 is 5.32 Å². The number of rotatable bonds is 5. The Bertz CT molecular complexity index is 1250. The smallest absolute Gasteiger partial charge is 0.295 e. The van der Waals surface area contributed by atoms with E-state index >= 15 is 0 Å². The Kier molecular flexibility index (Phi) is 4.58. The van der Waals surface area contributed by atoms with Crippen LogP contribution in [0.1, 0.15) is 12.6 Å². The highest BCUT2D eigenvalue weighted by atomic mass is 32.2. The molecule has 0 aliphatic rings. The number of aromatic nitrogens is 3. The number of fused-ring (bicyclic) bond motifs is 1. The van der Waals surface area contributed by atoms with Crippen LogP contribution >= 0.6 is 0 Å². The summed E-state index contributed by atoms with van der Waals surface area (Å²) in [6.45, 7) is 2.04. The number of nitrogens with one attached hydrogen (secondary N) is 1. The standard InChI is InChI=1S/C20H18N4O3S/c1-2-15-13-20(24-19(22-15)11-12-21-24)23-16-9-7-14(8-10-16)17-5-3-4-6-18(17)28(25,26)27/h3-13,23H,2H2,1H3,(H,25,26,27). The van der Waals surface area contributed by atoms with E-state index in [2.05, 4.69) is 15.4 Å². The minimum Gasteiger partial charge on any atom is -0.340 e. The molecule has 2 aromatic heterocycles. The van der Waals surface area contributed by atoms with E-state index in [1.165, 1.54) is 6.07 Å². The van der Waals surface area contributed by atoms with Gasteiger partial charge in [0, 0.05) is 29.1 Å². The van der Waals surface area contributed by atoms with E-state index in [0.29, 0.717) is 11.1 Å². The van der Waals surface area contributed by atoms with E-state index in [4.69, 9.17) is 0 Å². The summed E-state index contributed by atoms with van der Waals surface area (Å²) in [4.78, 5) is 4.41. The second-order valence-corrected chi connectivity index (χ2v) is 7.65. The molecule has 0 aliphatic heterocycles. The molecule has 0 atom stereocenters. The van der Waals surface area contributed by atoms with Crippen LogP contribution in [-0.2, 0) is 16.5 Å². The van der Waals surface area contributed by atoms with Gasteiger partial charge in [-0.2, -0.15) is 18.0 Å². The fraction of sp³-hybridized carbons (Fsp3) is 0.100. The third kappa shape index (κ3) is 3.47. The van der Waals surface area contributed by atoms with Gasteiger partial charge < -0.3 is 5.32 Å². The van der Waals surface area contributed by atoms with E-state index in [1.807, 2.05) is 31.2 Å². The van der Waals surface area contributed by atoms with Gasteiger partial charge in [0.2, 0.25) is 0 Å². The fourth-order valence-electron chi connectivity index (χ4n) is 3.05. The Morgan fingerprint density at radius 1 is 1.07 bits per heavy atom. The Balaban J connectivity index is 1.68. The van der Waals surface area contributed by atoms with Crippen LogP contribution in [0.5, 0.6) is 0 Å². The Labute approximate surface area is 162 Å². The first-order valence-corrected chi connectivity index (χ1v) is 10.2. The summed E-state index contributed by atoms with van der Waals surface area (Å²) in [5, 5.41) is 7.62. The van der Waals surface area contributed by atoms with Crippen LogP contribution in [-0.4, -0.2) is 27.6 Å². The van der Waals surface area contributed by atoms with Crippen molar-refractivity contribution < 1.29 is 13.0 Å². The molecule has 7 nitrogen and oxygen atoms in total. The largest absolute Gasteiger partial charge is 0.340 e. The van der Waals surface area contributed by atoms with Crippen molar-refractivity contribution in [1.29, 1.82) is 0 Å². The zero-order valence-corrected chi connectivity index (χ0v) is 15.9. The first-order valence-electron chi connectivity index (χ1n) is 8.73. The van der Waals surface area contributed by atoms with Gasteiger partial charge in [0.15, 0.2) is 5.65 Å². The predicted octanol–water partition coefficient (Wildman–Crippen LogP) is 3.95. The second-order valence-electron chi connectivity index (χ2n) is 6.26. The molecule has 0 amide bonds. The van der Waals surface area contributed by atoms with Crippen molar-refractivity contribution in [3.63, 3.8) is 0 Å². The van der Waals surface area contributed by atoms with E-state index in [0.717, 1.165) is 29.3 Å². The van der Waals surface area contributed by atoms with Crippen LogP contribution in [0.3, 0.4) is 0 Å². The number of aryl methyl sites for hydroxylation is 1. The van der Waals surface area contributed by atoms with E-state index in [1.54, 1.807) is 41.0 Å². The molecule has 4 rings (SSSR count). The molecule has 0 radical (unpaired) electrons.